The summed E-state index contributed by atoms with van der Waals surface area (Å²) in [7, 11) is 0. The molecule has 1 aromatic carbocycles. The Morgan fingerprint density at radius 3 is 2.80 bits per heavy atom. The lowest BCUT2D eigenvalue weighted by Gasteiger charge is -2.14. The summed E-state index contributed by atoms with van der Waals surface area (Å²) in [5.41, 5.74) is 5.20. The molecule has 6 nitrogen and oxygen atoms in total. The first-order chi connectivity index (χ1) is 9.51. The molecule has 4 N–H and O–H groups in total. The van der Waals surface area contributed by atoms with Crippen molar-refractivity contribution in [2.24, 2.45) is 5.73 Å². The summed E-state index contributed by atoms with van der Waals surface area (Å²) in [5.74, 6) is -2.44. The van der Waals surface area contributed by atoms with E-state index in [1.54, 1.807) is 0 Å². The molecule has 0 bridgehead atoms. The summed E-state index contributed by atoms with van der Waals surface area (Å²) in [4.78, 5) is 23.0. The molecule has 7 heteroatoms. The van der Waals surface area contributed by atoms with E-state index in [9.17, 15) is 14.0 Å². The normalized spacial score (nSPS) is 21.7. The first-order valence-corrected chi connectivity index (χ1v) is 6.20. The van der Waals surface area contributed by atoms with Crippen molar-refractivity contribution in [3.05, 3.63) is 29.6 Å². The maximum Gasteiger partial charge on any atom is 0.337 e. The summed E-state index contributed by atoms with van der Waals surface area (Å²) in [6, 6.07) is 3.16. The molecular formula is C13H15FN2O4. The van der Waals surface area contributed by atoms with E-state index in [0.717, 1.165) is 12.1 Å². The van der Waals surface area contributed by atoms with Crippen molar-refractivity contribution in [3.8, 4) is 0 Å². The van der Waals surface area contributed by atoms with Gasteiger partial charge in [-0.05, 0) is 31.0 Å². The number of carboxylic acid groups (broad SMARTS) is 1. The fourth-order valence-corrected chi connectivity index (χ4v) is 2.09. The molecule has 1 amide bonds. The minimum atomic E-state index is -1.31. The Morgan fingerprint density at radius 1 is 1.45 bits per heavy atom. The molecule has 2 rings (SSSR count). The molecule has 1 fully saturated rings. The molecule has 1 aromatic rings. The molecular weight excluding hydrogens is 267 g/mol. The maximum absolute atomic E-state index is 13.0. The van der Waals surface area contributed by atoms with Gasteiger partial charge in [-0.15, -0.1) is 0 Å². The standard InChI is InChI=1S/C13H15FN2O4/c14-7-1-3-10(9(5-7)13(18)19)16-12(17)11-4-2-8(6-15)20-11/h1,3,5,8,11H,2,4,6,15H2,(H,16,17)(H,18,19). The van der Waals surface area contributed by atoms with Gasteiger partial charge in [-0.25, -0.2) is 9.18 Å². The van der Waals surface area contributed by atoms with Crippen LogP contribution in [0.1, 0.15) is 23.2 Å². The number of hydrogen-bond acceptors (Lipinski definition) is 4. The van der Waals surface area contributed by atoms with Crippen molar-refractivity contribution < 1.29 is 23.8 Å². The highest BCUT2D eigenvalue weighted by molar-refractivity contribution is 6.01. The topological polar surface area (TPSA) is 102 Å². The average molecular weight is 282 g/mol. The van der Waals surface area contributed by atoms with Gasteiger partial charge in [0, 0.05) is 6.54 Å². The first kappa shape index (κ1) is 14.4. The predicted molar refractivity (Wildman–Crippen MR) is 68.9 cm³/mol. The zero-order chi connectivity index (χ0) is 14.7. The van der Waals surface area contributed by atoms with E-state index >= 15 is 0 Å². The van der Waals surface area contributed by atoms with E-state index in [-0.39, 0.29) is 17.4 Å². The molecule has 2 atom stereocenters. The minimum Gasteiger partial charge on any atom is -0.478 e. The molecule has 20 heavy (non-hydrogen) atoms. The van der Waals surface area contributed by atoms with Gasteiger partial charge in [-0.1, -0.05) is 0 Å². The number of hydrogen-bond donors (Lipinski definition) is 3. The van der Waals surface area contributed by atoms with Crippen LogP contribution in [0.25, 0.3) is 0 Å². The van der Waals surface area contributed by atoms with Gasteiger partial charge in [0.05, 0.1) is 17.4 Å². The highest BCUT2D eigenvalue weighted by atomic mass is 19.1. The lowest BCUT2D eigenvalue weighted by Crippen LogP contribution is -2.30. The molecule has 0 radical (unpaired) electrons. The van der Waals surface area contributed by atoms with E-state index in [0.29, 0.717) is 19.4 Å². The van der Waals surface area contributed by atoms with Crippen LogP contribution in [-0.2, 0) is 9.53 Å². The van der Waals surface area contributed by atoms with Crippen LogP contribution in [0.2, 0.25) is 0 Å². The molecule has 0 saturated carbocycles. The fourth-order valence-electron chi connectivity index (χ4n) is 2.09. The average Bonchev–Trinajstić information content (AvgIpc) is 2.89. The summed E-state index contributed by atoms with van der Waals surface area (Å²) in [6.07, 6.45) is 0.398. The molecule has 0 spiro atoms. The van der Waals surface area contributed by atoms with Gasteiger partial charge in [0.2, 0.25) is 0 Å². The SMILES string of the molecule is NCC1CCC(C(=O)Nc2ccc(F)cc2C(=O)O)O1. The molecule has 0 aliphatic carbocycles. The number of nitrogens with two attached hydrogens (primary N) is 1. The van der Waals surface area contributed by atoms with E-state index < -0.39 is 23.8 Å². The molecule has 0 aromatic heterocycles. The zero-order valence-corrected chi connectivity index (χ0v) is 10.6. The molecule has 108 valence electrons. The highest BCUT2D eigenvalue weighted by Gasteiger charge is 2.30. The predicted octanol–water partition coefficient (Wildman–Crippen LogP) is 0.969. The van der Waals surface area contributed by atoms with Crippen molar-refractivity contribution in [1.82, 2.24) is 0 Å². The molecule has 1 aliphatic heterocycles. The lowest BCUT2D eigenvalue weighted by molar-refractivity contribution is -0.126. The number of anilines is 1. The molecule has 1 heterocycles. The largest absolute Gasteiger partial charge is 0.478 e. The molecule has 2 unspecified atom stereocenters. The summed E-state index contributed by atoms with van der Waals surface area (Å²) >= 11 is 0. The van der Waals surface area contributed by atoms with Gasteiger partial charge in [-0.3, -0.25) is 4.79 Å². The van der Waals surface area contributed by atoms with Crippen LogP contribution < -0.4 is 11.1 Å². The highest BCUT2D eigenvalue weighted by Crippen LogP contribution is 2.22. The quantitative estimate of drug-likeness (QED) is 0.763. The van der Waals surface area contributed by atoms with E-state index in [2.05, 4.69) is 5.32 Å². The Balaban J connectivity index is 2.10. The zero-order valence-electron chi connectivity index (χ0n) is 10.6. The van der Waals surface area contributed by atoms with Crippen LogP contribution in [0.3, 0.4) is 0 Å². The van der Waals surface area contributed by atoms with Crippen LogP contribution in [0.15, 0.2) is 18.2 Å². The number of carbonyl (C=O) groups is 2. The van der Waals surface area contributed by atoms with Crippen molar-refractivity contribution in [3.63, 3.8) is 0 Å². The number of aromatic carboxylic acids is 1. The van der Waals surface area contributed by atoms with Crippen LogP contribution in [0.5, 0.6) is 0 Å². The van der Waals surface area contributed by atoms with Gasteiger partial charge < -0.3 is 20.9 Å². The van der Waals surface area contributed by atoms with Crippen LogP contribution >= 0.6 is 0 Å². The van der Waals surface area contributed by atoms with Crippen molar-refractivity contribution in [2.45, 2.75) is 25.0 Å². The Morgan fingerprint density at radius 2 is 2.20 bits per heavy atom. The van der Waals surface area contributed by atoms with E-state index in [1.807, 2.05) is 0 Å². The number of halogens is 1. The molecule has 1 aliphatic rings. The Bertz CT molecular complexity index is 535. The van der Waals surface area contributed by atoms with Gasteiger partial charge in [0.15, 0.2) is 0 Å². The lowest BCUT2D eigenvalue weighted by atomic mass is 10.1. The van der Waals surface area contributed by atoms with Gasteiger partial charge in [0.25, 0.3) is 5.91 Å². The van der Waals surface area contributed by atoms with Gasteiger partial charge in [-0.2, -0.15) is 0 Å². The summed E-state index contributed by atoms with van der Waals surface area (Å²) in [6.45, 7) is 0.334. The third kappa shape index (κ3) is 3.12. The second kappa shape index (κ2) is 5.98. The smallest absolute Gasteiger partial charge is 0.337 e. The Kier molecular flexibility index (Phi) is 4.31. The number of ether oxygens (including phenoxy) is 1. The van der Waals surface area contributed by atoms with Gasteiger partial charge >= 0.3 is 5.97 Å². The number of rotatable bonds is 4. The molecule has 1 saturated heterocycles. The van der Waals surface area contributed by atoms with Gasteiger partial charge in [0.1, 0.15) is 11.9 Å². The monoisotopic (exact) mass is 282 g/mol. The van der Waals surface area contributed by atoms with Crippen LogP contribution in [0, 0.1) is 5.82 Å². The number of carbonyl (C=O) groups excluding carboxylic acids is 1. The third-order valence-electron chi connectivity index (χ3n) is 3.13. The third-order valence-corrected chi connectivity index (χ3v) is 3.13. The minimum absolute atomic E-state index is 0.0451. The number of carboxylic acids is 1. The number of amides is 1. The van der Waals surface area contributed by atoms with E-state index in [1.165, 1.54) is 6.07 Å². The van der Waals surface area contributed by atoms with E-state index in [4.69, 9.17) is 15.6 Å². The van der Waals surface area contributed by atoms with Crippen molar-refractivity contribution in [1.29, 1.82) is 0 Å². The first-order valence-electron chi connectivity index (χ1n) is 6.20. The van der Waals surface area contributed by atoms with Crippen LogP contribution in [-0.4, -0.2) is 35.7 Å². The summed E-state index contributed by atoms with van der Waals surface area (Å²) in [5, 5.41) is 11.4. The number of benzene rings is 1. The maximum atomic E-state index is 13.0. The Labute approximate surface area is 114 Å². The second-order valence-electron chi connectivity index (χ2n) is 4.54. The number of nitrogens with one attached hydrogen (secondary N) is 1. The van der Waals surface area contributed by atoms with Crippen molar-refractivity contribution in [2.75, 3.05) is 11.9 Å². The fraction of sp³-hybridized carbons (Fsp3) is 0.385. The Hall–Kier alpha value is -1.99. The van der Waals surface area contributed by atoms with Crippen molar-refractivity contribution >= 4 is 17.6 Å². The second-order valence-corrected chi connectivity index (χ2v) is 4.54. The summed E-state index contributed by atoms with van der Waals surface area (Å²) < 4.78 is 18.4. The van der Waals surface area contributed by atoms with Crippen LogP contribution in [0.4, 0.5) is 10.1 Å².